The Balaban J connectivity index is 1.74. The molecule has 2 nitrogen and oxygen atoms in total. The molecule has 1 saturated heterocycles. The van der Waals surface area contributed by atoms with Crippen LogP contribution in [0.2, 0.25) is 0 Å². The first-order valence-corrected chi connectivity index (χ1v) is 9.92. The number of alkyl halides is 3. The summed E-state index contributed by atoms with van der Waals surface area (Å²) in [6.45, 7) is 0. The minimum Gasteiger partial charge on any atom is -0.423 e. The van der Waals surface area contributed by atoms with E-state index in [4.69, 9.17) is 4.74 Å². The van der Waals surface area contributed by atoms with Gasteiger partial charge in [0.15, 0.2) is 0 Å². The molecular formula is C19H15F3O2S2. The summed E-state index contributed by atoms with van der Waals surface area (Å²) in [6, 6.07) is 14.1. The van der Waals surface area contributed by atoms with Crippen molar-refractivity contribution in [3.05, 3.63) is 71.8 Å². The van der Waals surface area contributed by atoms with Crippen LogP contribution >= 0.6 is 23.5 Å². The number of allylic oxidation sites excluding steroid dienone is 1. The molecule has 1 aliphatic rings. The summed E-state index contributed by atoms with van der Waals surface area (Å²) in [7, 11) is 0. The molecule has 1 aliphatic heterocycles. The average molecular weight is 396 g/mol. The van der Waals surface area contributed by atoms with Gasteiger partial charge in [-0.05, 0) is 23.3 Å². The van der Waals surface area contributed by atoms with Crippen LogP contribution in [0.3, 0.4) is 0 Å². The van der Waals surface area contributed by atoms with E-state index in [2.05, 4.69) is 0 Å². The van der Waals surface area contributed by atoms with E-state index in [0.717, 1.165) is 17.1 Å². The fraction of sp³-hybridized carbons (Fsp3) is 0.211. The number of rotatable bonds is 4. The summed E-state index contributed by atoms with van der Waals surface area (Å²) in [5.41, 5.74) is -0.00540. The minimum absolute atomic E-state index is 0.0809. The van der Waals surface area contributed by atoms with Gasteiger partial charge in [-0.15, -0.1) is 23.5 Å². The number of benzene rings is 2. The molecule has 2 aromatic rings. The van der Waals surface area contributed by atoms with Crippen molar-refractivity contribution in [2.24, 2.45) is 0 Å². The first-order chi connectivity index (χ1) is 12.4. The van der Waals surface area contributed by atoms with Gasteiger partial charge < -0.3 is 4.74 Å². The molecule has 1 fully saturated rings. The zero-order chi connectivity index (χ0) is 18.6. The number of carbonyl (C=O) groups is 1. The van der Waals surface area contributed by atoms with Gasteiger partial charge in [0.2, 0.25) is 0 Å². The topological polar surface area (TPSA) is 26.3 Å². The summed E-state index contributed by atoms with van der Waals surface area (Å²) in [5, 5.41) is 0. The summed E-state index contributed by atoms with van der Waals surface area (Å²) in [5.74, 6) is 1.35. The van der Waals surface area contributed by atoms with Gasteiger partial charge in [0, 0.05) is 17.6 Å². The second-order valence-electron chi connectivity index (χ2n) is 5.49. The minimum atomic E-state index is -4.65. The zero-order valence-electron chi connectivity index (χ0n) is 13.5. The van der Waals surface area contributed by atoms with E-state index in [1.54, 1.807) is 18.2 Å². The van der Waals surface area contributed by atoms with Gasteiger partial charge in [0.1, 0.15) is 5.75 Å². The molecule has 26 heavy (non-hydrogen) atoms. The van der Waals surface area contributed by atoms with Crippen molar-refractivity contribution < 1.29 is 22.7 Å². The molecule has 2 aromatic carbocycles. The highest BCUT2D eigenvalue weighted by molar-refractivity contribution is 8.19. The number of hydrogen-bond donors (Lipinski definition) is 0. The molecule has 0 amide bonds. The zero-order valence-corrected chi connectivity index (χ0v) is 15.2. The maximum Gasteiger partial charge on any atom is 0.417 e. The van der Waals surface area contributed by atoms with Crippen LogP contribution in [-0.4, -0.2) is 23.7 Å². The Bertz CT molecular complexity index is 781. The van der Waals surface area contributed by atoms with Crippen LogP contribution in [0.5, 0.6) is 5.75 Å². The van der Waals surface area contributed by atoms with Gasteiger partial charge in [-0.25, -0.2) is 4.79 Å². The lowest BCUT2D eigenvalue weighted by molar-refractivity contribution is -0.129. The Labute approximate surface area is 157 Å². The van der Waals surface area contributed by atoms with Crippen molar-refractivity contribution in [3.63, 3.8) is 0 Å². The molecule has 0 aromatic heterocycles. The first-order valence-electron chi connectivity index (χ1n) is 7.83. The second kappa shape index (κ2) is 8.22. The van der Waals surface area contributed by atoms with E-state index in [1.807, 2.05) is 35.7 Å². The maximum absolute atomic E-state index is 13.2. The van der Waals surface area contributed by atoms with E-state index >= 15 is 0 Å². The average Bonchev–Trinajstić information content (AvgIpc) is 3.15. The fourth-order valence-electron chi connectivity index (χ4n) is 2.45. The molecular weight excluding hydrogens is 381 g/mol. The van der Waals surface area contributed by atoms with Crippen molar-refractivity contribution in [3.8, 4) is 5.75 Å². The predicted octanol–water partition coefficient (Wildman–Crippen LogP) is 5.72. The normalized spacial score (nSPS) is 15.9. The van der Waals surface area contributed by atoms with E-state index < -0.39 is 17.7 Å². The van der Waals surface area contributed by atoms with Crippen LogP contribution in [0.15, 0.2) is 60.7 Å². The second-order valence-corrected chi connectivity index (χ2v) is 8.21. The lowest BCUT2D eigenvalue weighted by atomic mass is 10.1. The Morgan fingerprint density at radius 1 is 1.00 bits per heavy atom. The van der Waals surface area contributed by atoms with E-state index in [-0.39, 0.29) is 11.3 Å². The van der Waals surface area contributed by atoms with Crippen molar-refractivity contribution >= 4 is 35.1 Å². The summed E-state index contributed by atoms with van der Waals surface area (Å²) >= 11 is 3.69. The Hall–Kier alpha value is -1.86. The molecule has 0 radical (unpaired) electrons. The molecule has 0 atom stereocenters. The number of halogens is 3. The van der Waals surface area contributed by atoms with Gasteiger partial charge in [-0.2, -0.15) is 13.2 Å². The smallest absolute Gasteiger partial charge is 0.417 e. The lowest BCUT2D eigenvalue weighted by Gasteiger charge is -2.12. The van der Waals surface area contributed by atoms with E-state index in [0.29, 0.717) is 10.7 Å². The Morgan fingerprint density at radius 2 is 1.62 bits per heavy atom. The van der Waals surface area contributed by atoms with Gasteiger partial charge >= 0.3 is 12.1 Å². The predicted molar refractivity (Wildman–Crippen MR) is 100 cm³/mol. The van der Waals surface area contributed by atoms with Crippen LogP contribution in [0, 0.1) is 0 Å². The van der Waals surface area contributed by atoms with Crippen LogP contribution in [0.25, 0.3) is 5.57 Å². The number of hydrogen-bond acceptors (Lipinski definition) is 4. The molecule has 1 heterocycles. The number of esters is 1. The third-order valence-electron chi connectivity index (χ3n) is 3.64. The summed E-state index contributed by atoms with van der Waals surface area (Å²) in [4.78, 5) is 12.0. The van der Waals surface area contributed by atoms with Crippen molar-refractivity contribution in [2.45, 2.75) is 10.8 Å². The maximum atomic E-state index is 13.2. The molecule has 0 aliphatic carbocycles. The van der Waals surface area contributed by atoms with Gasteiger partial charge in [0.05, 0.1) is 10.2 Å². The molecule has 0 N–H and O–H groups in total. The third kappa shape index (κ3) is 4.86. The third-order valence-corrected chi connectivity index (χ3v) is 6.75. The highest BCUT2D eigenvalue weighted by Crippen LogP contribution is 2.45. The van der Waals surface area contributed by atoms with Crippen molar-refractivity contribution in [1.29, 1.82) is 0 Å². The lowest BCUT2D eigenvalue weighted by Crippen LogP contribution is -2.14. The summed E-state index contributed by atoms with van der Waals surface area (Å²) in [6.07, 6.45) is -4.16. The molecule has 0 bridgehead atoms. The highest BCUT2D eigenvalue weighted by Gasteiger charge is 2.35. The van der Waals surface area contributed by atoms with Crippen molar-refractivity contribution in [2.75, 3.05) is 11.5 Å². The number of ether oxygens (including phenoxy) is 1. The van der Waals surface area contributed by atoms with Crippen LogP contribution in [0.4, 0.5) is 13.2 Å². The molecule has 0 unspecified atom stereocenters. The largest absolute Gasteiger partial charge is 0.423 e. The highest BCUT2D eigenvalue weighted by atomic mass is 32.2. The van der Waals surface area contributed by atoms with Gasteiger partial charge in [-0.3, -0.25) is 0 Å². The standard InChI is InChI=1S/C19H15F3O2S2/c20-19(21,22)16(13-4-2-1-3-5-13)12-17(23)24-15-8-6-14(7-9-15)18-25-10-11-26-18/h1-9,12,18H,10-11H2/b16-12+. The Morgan fingerprint density at radius 3 is 2.19 bits per heavy atom. The molecule has 136 valence electrons. The van der Waals surface area contributed by atoms with Gasteiger partial charge in [0.25, 0.3) is 0 Å². The fourth-order valence-corrected chi connectivity index (χ4v) is 5.31. The first kappa shape index (κ1) is 18.9. The summed E-state index contributed by atoms with van der Waals surface area (Å²) < 4.78 is 45.2. The molecule has 3 rings (SSSR count). The van der Waals surface area contributed by atoms with Crippen LogP contribution in [-0.2, 0) is 4.79 Å². The Kier molecular flexibility index (Phi) is 5.98. The molecule has 0 saturated carbocycles. The monoisotopic (exact) mass is 396 g/mol. The molecule has 0 spiro atoms. The van der Waals surface area contributed by atoms with E-state index in [1.165, 1.54) is 24.3 Å². The number of carbonyl (C=O) groups excluding carboxylic acids is 1. The van der Waals surface area contributed by atoms with Crippen LogP contribution < -0.4 is 4.74 Å². The molecule has 7 heteroatoms. The SMILES string of the molecule is O=C(/C=C(\c1ccccc1)C(F)(F)F)Oc1ccc(C2SCCS2)cc1. The van der Waals surface area contributed by atoms with E-state index in [9.17, 15) is 18.0 Å². The van der Waals surface area contributed by atoms with Gasteiger partial charge in [-0.1, -0.05) is 42.5 Å². The quantitative estimate of drug-likeness (QED) is 0.375. The van der Waals surface area contributed by atoms with Crippen LogP contribution in [0.1, 0.15) is 15.7 Å². The number of thioether (sulfide) groups is 2. The van der Waals surface area contributed by atoms with Crippen molar-refractivity contribution in [1.82, 2.24) is 0 Å².